The second-order valence-corrected chi connectivity index (χ2v) is 15.1. The van der Waals surface area contributed by atoms with Crippen molar-refractivity contribution in [2.24, 2.45) is 5.73 Å². The van der Waals surface area contributed by atoms with E-state index >= 15 is 0 Å². The number of hydrogen-bond donors (Lipinski definition) is 6. The Balaban J connectivity index is 0.000000244. The summed E-state index contributed by atoms with van der Waals surface area (Å²) >= 11 is 0. The average Bonchev–Trinajstić information content (AvgIpc) is 3.84. The van der Waals surface area contributed by atoms with Gasteiger partial charge in [0.25, 0.3) is 0 Å². The number of ether oxygens (including phenoxy) is 3. The van der Waals surface area contributed by atoms with Crippen molar-refractivity contribution < 1.29 is 24.4 Å². The highest BCUT2D eigenvalue weighted by Crippen LogP contribution is 2.24. The molecule has 7 N–H and O–H groups in total. The van der Waals surface area contributed by atoms with Gasteiger partial charge in [-0.15, -0.1) is 0 Å². The smallest absolute Gasteiger partial charge is 0.137 e. The van der Waals surface area contributed by atoms with Crippen molar-refractivity contribution in [3.05, 3.63) is 132 Å². The molecule has 1 fully saturated rings. The molecule has 0 amide bonds. The first-order chi connectivity index (χ1) is 27.4. The number of rotatable bonds is 13. The Morgan fingerprint density at radius 2 is 1.24 bits per heavy atom. The van der Waals surface area contributed by atoms with Gasteiger partial charge in [-0.3, -0.25) is 0 Å². The summed E-state index contributed by atoms with van der Waals surface area (Å²) < 4.78 is 16.0. The van der Waals surface area contributed by atoms with Gasteiger partial charge in [0.2, 0.25) is 0 Å². The van der Waals surface area contributed by atoms with E-state index in [0.29, 0.717) is 35.8 Å². The van der Waals surface area contributed by atoms with Gasteiger partial charge < -0.3 is 45.4 Å². The zero-order chi connectivity index (χ0) is 41.3. The Morgan fingerprint density at radius 3 is 1.72 bits per heavy atom. The Labute approximate surface area is 343 Å². The lowest BCUT2D eigenvalue weighted by Crippen LogP contribution is -2.46. The van der Waals surface area contributed by atoms with Gasteiger partial charge in [0.05, 0.1) is 17.7 Å². The van der Waals surface area contributed by atoms with E-state index in [4.69, 9.17) is 35.6 Å². The van der Waals surface area contributed by atoms with Gasteiger partial charge in [-0.25, -0.2) is 0 Å². The minimum Gasteiger partial charge on any atom is -0.489 e. The highest BCUT2D eigenvalue weighted by Gasteiger charge is 2.24. The number of epoxide rings is 1. The van der Waals surface area contributed by atoms with E-state index in [1.54, 1.807) is 37.3 Å². The maximum atomic E-state index is 10.3. The number of nitriles is 2. The lowest BCUT2D eigenvalue weighted by atomic mass is 9.94. The molecule has 3 heterocycles. The predicted molar refractivity (Wildman–Crippen MR) is 233 cm³/mol. The molecular formula is C47H60N6O5. The Bertz CT molecular complexity index is 2200. The number of fused-ring (bicyclic) bond motifs is 2. The summed E-state index contributed by atoms with van der Waals surface area (Å²) in [6, 6.07) is 35.0. The molecule has 1 aliphatic heterocycles. The summed E-state index contributed by atoms with van der Waals surface area (Å²) in [5.41, 5.74) is 11.6. The van der Waals surface area contributed by atoms with Crippen LogP contribution in [0.2, 0.25) is 0 Å². The molecule has 2 atom stereocenters. The number of benzene rings is 4. The van der Waals surface area contributed by atoms with Crippen LogP contribution in [0.25, 0.3) is 21.8 Å². The van der Waals surface area contributed by atoms with Gasteiger partial charge in [0.15, 0.2) is 0 Å². The molecule has 0 saturated carbocycles. The van der Waals surface area contributed by atoms with Crippen LogP contribution in [0, 0.1) is 22.7 Å². The van der Waals surface area contributed by atoms with Crippen LogP contribution in [0.3, 0.4) is 0 Å². The van der Waals surface area contributed by atoms with Gasteiger partial charge >= 0.3 is 0 Å². The summed E-state index contributed by atoms with van der Waals surface area (Å²) in [5, 5.41) is 41.6. The minimum atomic E-state index is -0.668. The molecule has 4 aromatic carbocycles. The number of nitrogens with zero attached hydrogens (tertiary/aromatic N) is 2. The van der Waals surface area contributed by atoms with Crippen molar-refractivity contribution in [2.45, 2.75) is 78.2 Å². The van der Waals surface area contributed by atoms with Crippen molar-refractivity contribution in [1.82, 2.24) is 15.3 Å². The minimum absolute atomic E-state index is 0. The number of nitrogens with one attached hydrogen (secondary N) is 3. The van der Waals surface area contributed by atoms with Gasteiger partial charge in [0.1, 0.15) is 49.1 Å². The fourth-order valence-corrected chi connectivity index (χ4v) is 5.94. The number of β-amino-alcohol motifs (C(OH)–C–C–N with tert-alkyl or cyclic N) is 1. The van der Waals surface area contributed by atoms with Crippen molar-refractivity contribution in [2.75, 3.05) is 33.0 Å². The van der Waals surface area contributed by atoms with Crippen LogP contribution < -0.4 is 20.5 Å². The first-order valence-corrected chi connectivity index (χ1v) is 19.1. The highest BCUT2D eigenvalue weighted by molar-refractivity contribution is 5.83. The molecule has 1 aliphatic rings. The normalized spacial score (nSPS) is 13.4. The van der Waals surface area contributed by atoms with Crippen molar-refractivity contribution >= 4 is 21.8 Å². The van der Waals surface area contributed by atoms with E-state index in [9.17, 15) is 5.11 Å². The summed E-state index contributed by atoms with van der Waals surface area (Å²) in [6.07, 6.45) is 5.40. The molecule has 6 aromatic rings. The fraction of sp³-hybridized carbons (Fsp3) is 0.362. The molecule has 308 valence electrons. The maximum Gasteiger partial charge on any atom is 0.137 e. The molecule has 1 saturated heterocycles. The highest BCUT2D eigenvalue weighted by atomic mass is 16.6. The Hall–Kier alpha value is -5.66. The van der Waals surface area contributed by atoms with Gasteiger partial charge in [-0.1, -0.05) is 68.1 Å². The Morgan fingerprint density at radius 1 is 0.793 bits per heavy atom. The number of para-hydroxylation sites is 4. The first-order valence-electron chi connectivity index (χ1n) is 19.1. The summed E-state index contributed by atoms with van der Waals surface area (Å²) in [7, 11) is 0. The van der Waals surface area contributed by atoms with Crippen LogP contribution in [0.15, 0.2) is 109 Å². The number of hydrogen-bond acceptors (Lipinski definition) is 9. The van der Waals surface area contributed by atoms with Crippen molar-refractivity contribution in [1.29, 1.82) is 10.5 Å². The van der Waals surface area contributed by atoms with Crippen LogP contribution in [-0.2, 0) is 17.6 Å². The second-order valence-electron chi connectivity index (χ2n) is 15.1. The summed E-state index contributed by atoms with van der Waals surface area (Å²) in [4.78, 5) is 6.56. The lowest BCUT2D eigenvalue weighted by molar-refractivity contribution is 0.0987. The molecule has 7 rings (SSSR count). The topological polar surface area (TPSA) is 189 Å². The lowest BCUT2D eigenvalue weighted by Gasteiger charge is -2.28. The summed E-state index contributed by atoms with van der Waals surface area (Å²) in [5.74, 6) is 1.14. The third-order valence-electron chi connectivity index (χ3n) is 8.72. The number of aliphatic hydroxyl groups is 2. The van der Waals surface area contributed by atoms with E-state index in [2.05, 4.69) is 91.6 Å². The molecule has 0 spiro atoms. The van der Waals surface area contributed by atoms with Crippen molar-refractivity contribution in [3.63, 3.8) is 0 Å². The molecule has 11 nitrogen and oxygen atoms in total. The number of aromatic nitrogens is 2. The molecular weight excluding hydrogens is 729 g/mol. The van der Waals surface area contributed by atoms with E-state index < -0.39 is 6.10 Å². The molecule has 0 radical (unpaired) electrons. The Kier molecular flexibility index (Phi) is 18.5. The van der Waals surface area contributed by atoms with E-state index in [0.717, 1.165) is 25.0 Å². The number of H-pyrrole nitrogens is 2. The molecule has 11 heteroatoms. The second kappa shape index (κ2) is 22.9. The zero-order valence-corrected chi connectivity index (χ0v) is 33.6. The maximum absolute atomic E-state index is 10.3. The third kappa shape index (κ3) is 15.4. The number of aliphatic hydroxyl groups excluding tert-OH is 2. The molecule has 0 unspecified atom stereocenters. The van der Waals surface area contributed by atoms with Crippen LogP contribution in [-0.4, -0.2) is 76.4 Å². The molecule has 0 bridgehead atoms. The monoisotopic (exact) mass is 788 g/mol. The standard InChI is InChI=1S/C22H25N3O2.C12H16N2.C10H9NO2.C2H6O.CH4/c1-22(2,11-17-13-24-20-9-5-4-8-19(17)20)25-14-18(26)15-27-21-10-6-3-7-16(21)12-23;1-12(2,13)7-9-8-14-11-6-4-3-5-10(9)11;11-5-8-3-1-2-4-10(8)13-7-9-6-12-9;1-2-3;/h3-10,13,18,24-26H,11,14-15H2,1-2H3;3-6,8,14H,7,13H2,1-2H3;1-4,9H,6-7H2;3H,2H2,1H3;1H4/t18-;;9-;;/m0.0../s1. The zero-order valence-electron chi connectivity index (χ0n) is 33.6. The van der Waals surface area contributed by atoms with Crippen LogP contribution in [0.1, 0.15) is 64.3 Å². The number of nitrogens with two attached hydrogens (primary N) is 1. The van der Waals surface area contributed by atoms with Gasteiger partial charge in [-0.05, 0) is 95.0 Å². The van der Waals surface area contributed by atoms with Crippen LogP contribution in [0.4, 0.5) is 0 Å². The van der Waals surface area contributed by atoms with Gasteiger partial charge in [0, 0.05) is 58.4 Å². The largest absolute Gasteiger partial charge is 0.489 e. The fourth-order valence-electron chi connectivity index (χ4n) is 5.94. The van der Waals surface area contributed by atoms with E-state index in [1.165, 1.54) is 27.4 Å². The molecule has 58 heavy (non-hydrogen) atoms. The SMILES string of the molecule is C.CC(C)(Cc1c[nH]c2ccccc12)NC[C@H](O)COc1ccccc1C#N.CC(C)(N)Cc1c[nH]c2ccccc12.CCO.N#Cc1ccccc1OC[C@@H]1CO1. The summed E-state index contributed by atoms with van der Waals surface area (Å²) in [6.45, 7) is 12.1. The van der Waals surface area contributed by atoms with Gasteiger partial charge in [-0.2, -0.15) is 10.5 Å². The average molecular weight is 789 g/mol. The molecule has 2 aromatic heterocycles. The number of aromatic amines is 2. The predicted octanol–water partition coefficient (Wildman–Crippen LogP) is 7.81. The van der Waals surface area contributed by atoms with Crippen LogP contribution in [0.5, 0.6) is 11.5 Å². The van der Waals surface area contributed by atoms with Crippen LogP contribution >= 0.6 is 0 Å². The third-order valence-corrected chi connectivity index (χ3v) is 8.72. The first kappa shape index (κ1) is 46.7. The van der Waals surface area contributed by atoms with E-state index in [1.807, 2.05) is 42.6 Å². The quantitative estimate of drug-likeness (QED) is 0.0635. The van der Waals surface area contributed by atoms with Crippen molar-refractivity contribution in [3.8, 4) is 23.6 Å². The van der Waals surface area contributed by atoms with E-state index in [-0.39, 0.29) is 37.8 Å². The molecule has 0 aliphatic carbocycles.